The highest BCUT2D eigenvalue weighted by Gasteiger charge is 2.04. The SMILES string of the molecule is CCNC(=NCc1ccc(COC)cc1)NCCc1cccc(C(=O)NC)c1. The largest absolute Gasteiger partial charge is 0.380 e. The molecule has 0 fully saturated rings. The van der Waals surface area contributed by atoms with E-state index in [0.29, 0.717) is 18.7 Å². The van der Waals surface area contributed by atoms with Gasteiger partial charge in [0.1, 0.15) is 0 Å². The molecule has 0 atom stereocenters. The van der Waals surface area contributed by atoms with Crippen molar-refractivity contribution < 1.29 is 9.53 Å². The van der Waals surface area contributed by atoms with Gasteiger partial charge in [-0.05, 0) is 42.2 Å². The van der Waals surface area contributed by atoms with Gasteiger partial charge in [0.25, 0.3) is 5.91 Å². The molecule has 0 aromatic heterocycles. The van der Waals surface area contributed by atoms with Crippen LogP contribution < -0.4 is 16.0 Å². The van der Waals surface area contributed by atoms with Gasteiger partial charge in [-0.3, -0.25) is 4.79 Å². The summed E-state index contributed by atoms with van der Waals surface area (Å²) >= 11 is 0. The number of nitrogens with one attached hydrogen (secondary N) is 3. The summed E-state index contributed by atoms with van der Waals surface area (Å²) in [6, 6.07) is 16.0. The van der Waals surface area contributed by atoms with Crippen LogP contribution in [0.1, 0.15) is 34.0 Å². The van der Waals surface area contributed by atoms with Crippen molar-refractivity contribution in [2.45, 2.75) is 26.5 Å². The number of aliphatic imine (C=N–C) groups is 1. The summed E-state index contributed by atoms with van der Waals surface area (Å²) in [5.41, 5.74) is 4.09. The summed E-state index contributed by atoms with van der Waals surface area (Å²) in [5.74, 6) is 0.715. The summed E-state index contributed by atoms with van der Waals surface area (Å²) < 4.78 is 5.14. The molecule has 0 bridgehead atoms. The summed E-state index contributed by atoms with van der Waals surface area (Å²) in [7, 11) is 3.34. The second-order valence-electron chi connectivity index (χ2n) is 6.40. The molecule has 28 heavy (non-hydrogen) atoms. The molecule has 0 unspecified atom stereocenters. The van der Waals surface area contributed by atoms with E-state index in [9.17, 15) is 4.79 Å². The second kappa shape index (κ2) is 11.8. The zero-order chi connectivity index (χ0) is 20.2. The molecule has 1 amide bonds. The number of ether oxygens (including phenoxy) is 1. The van der Waals surface area contributed by atoms with E-state index in [1.54, 1.807) is 14.2 Å². The van der Waals surface area contributed by atoms with Crippen LogP contribution in [0.3, 0.4) is 0 Å². The minimum absolute atomic E-state index is 0.0683. The first kappa shape index (κ1) is 21.4. The first-order valence-electron chi connectivity index (χ1n) is 9.56. The van der Waals surface area contributed by atoms with E-state index in [1.165, 1.54) is 0 Å². The van der Waals surface area contributed by atoms with E-state index in [2.05, 4.69) is 45.2 Å². The number of hydrogen-bond acceptors (Lipinski definition) is 3. The molecular weight excluding hydrogens is 352 g/mol. The Hall–Kier alpha value is -2.86. The average Bonchev–Trinajstić information content (AvgIpc) is 2.73. The fourth-order valence-electron chi connectivity index (χ4n) is 2.76. The fourth-order valence-corrected chi connectivity index (χ4v) is 2.76. The molecule has 0 saturated heterocycles. The highest BCUT2D eigenvalue weighted by Crippen LogP contribution is 2.07. The lowest BCUT2D eigenvalue weighted by atomic mass is 10.1. The Kier molecular flexibility index (Phi) is 9.01. The Labute approximate surface area is 167 Å². The molecule has 0 radical (unpaired) electrons. The van der Waals surface area contributed by atoms with Crippen molar-refractivity contribution >= 4 is 11.9 Å². The monoisotopic (exact) mass is 382 g/mol. The van der Waals surface area contributed by atoms with Crippen LogP contribution in [0, 0.1) is 0 Å². The van der Waals surface area contributed by atoms with E-state index in [-0.39, 0.29) is 5.91 Å². The van der Waals surface area contributed by atoms with Crippen LogP contribution >= 0.6 is 0 Å². The lowest BCUT2D eigenvalue weighted by Gasteiger charge is -2.12. The Balaban J connectivity index is 1.89. The van der Waals surface area contributed by atoms with Gasteiger partial charge in [-0.2, -0.15) is 0 Å². The number of guanidine groups is 1. The predicted octanol–water partition coefficient (Wildman–Crippen LogP) is 2.49. The number of hydrogen-bond donors (Lipinski definition) is 3. The van der Waals surface area contributed by atoms with Crippen LogP contribution in [-0.4, -0.2) is 39.1 Å². The zero-order valence-corrected chi connectivity index (χ0v) is 16.9. The lowest BCUT2D eigenvalue weighted by Crippen LogP contribution is -2.38. The van der Waals surface area contributed by atoms with Gasteiger partial charge >= 0.3 is 0 Å². The van der Waals surface area contributed by atoms with Gasteiger partial charge in [-0.1, -0.05) is 36.4 Å². The van der Waals surface area contributed by atoms with E-state index >= 15 is 0 Å². The van der Waals surface area contributed by atoms with Gasteiger partial charge in [-0.25, -0.2) is 4.99 Å². The van der Waals surface area contributed by atoms with Gasteiger partial charge in [0.2, 0.25) is 0 Å². The Morgan fingerprint density at radius 2 is 1.79 bits per heavy atom. The smallest absolute Gasteiger partial charge is 0.251 e. The van der Waals surface area contributed by atoms with Crippen molar-refractivity contribution in [2.75, 3.05) is 27.2 Å². The molecule has 0 heterocycles. The molecule has 2 rings (SSSR count). The van der Waals surface area contributed by atoms with Crippen LogP contribution in [0.25, 0.3) is 0 Å². The molecular formula is C22H30N4O2. The number of nitrogens with zero attached hydrogens (tertiary/aromatic N) is 1. The summed E-state index contributed by atoms with van der Waals surface area (Å²) in [5, 5.41) is 9.27. The van der Waals surface area contributed by atoms with Gasteiger partial charge in [0.15, 0.2) is 5.96 Å². The van der Waals surface area contributed by atoms with Crippen LogP contribution in [-0.2, 0) is 24.3 Å². The molecule has 150 valence electrons. The summed E-state index contributed by atoms with van der Waals surface area (Å²) in [6.45, 7) is 4.80. The maximum atomic E-state index is 11.7. The minimum atomic E-state index is -0.0683. The third kappa shape index (κ3) is 7.04. The fraction of sp³-hybridized carbons (Fsp3) is 0.364. The molecule has 3 N–H and O–H groups in total. The Morgan fingerprint density at radius 1 is 1.04 bits per heavy atom. The van der Waals surface area contributed by atoms with Crippen molar-refractivity contribution in [2.24, 2.45) is 4.99 Å². The van der Waals surface area contributed by atoms with E-state index < -0.39 is 0 Å². The van der Waals surface area contributed by atoms with E-state index in [4.69, 9.17) is 4.74 Å². The first-order chi connectivity index (χ1) is 13.7. The molecule has 2 aromatic rings. The van der Waals surface area contributed by atoms with Crippen LogP contribution in [0.15, 0.2) is 53.5 Å². The number of carbonyl (C=O) groups excluding carboxylic acids is 1. The molecule has 2 aromatic carbocycles. The van der Waals surface area contributed by atoms with Crippen molar-refractivity contribution in [3.63, 3.8) is 0 Å². The average molecular weight is 383 g/mol. The van der Waals surface area contributed by atoms with Crippen LogP contribution in [0.4, 0.5) is 0 Å². The Bertz CT molecular complexity index is 772. The quantitative estimate of drug-likeness (QED) is 0.460. The van der Waals surface area contributed by atoms with Crippen molar-refractivity contribution in [3.8, 4) is 0 Å². The third-order valence-electron chi connectivity index (χ3n) is 4.22. The Morgan fingerprint density at radius 3 is 2.46 bits per heavy atom. The molecule has 0 aliphatic carbocycles. The molecule has 0 saturated carbocycles. The predicted molar refractivity (Wildman–Crippen MR) is 114 cm³/mol. The molecule has 0 aliphatic rings. The van der Waals surface area contributed by atoms with Gasteiger partial charge in [-0.15, -0.1) is 0 Å². The maximum Gasteiger partial charge on any atom is 0.251 e. The van der Waals surface area contributed by atoms with Gasteiger partial charge in [0.05, 0.1) is 13.2 Å². The zero-order valence-electron chi connectivity index (χ0n) is 16.9. The number of methoxy groups -OCH3 is 1. The summed E-state index contributed by atoms with van der Waals surface area (Å²) in [6.07, 6.45) is 0.807. The van der Waals surface area contributed by atoms with Crippen LogP contribution in [0.5, 0.6) is 0 Å². The minimum Gasteiger partial charge on any atom is -0.380 e. The topological polar surface area (TPSA) is 74.8 Å². The van der Waals surface area contributed by atoms with Crippen molar-refractivity contribution in [1.82, 2.24) is 16.0 Å². The van der Waals surface area contributed by atoms with Gasteiger partial charge < -0.3 is 20.7 Å². The first-order valence-corrected chi connectivity index (χ1v) is 9.56. The third-order valence-corrected chi connectivity index (χ3v) is 4.22. The van der Waals surface area contributed by atoms with E-state index in [1.807, 2.05) is 31.2 Å². The number of carbonyl (C=O) groups is 1. The number of amides is 1. The van der Waals surface area contributed by atoms with Crippen molar-refractivity contribution in [1.29, 1.82) is 0 Å². The van der Waals surface area contributed by atoms with Crippen LogP contribution in [0.2, 0.25) is 0 Å². The van der Waals surface area contributed by atoms with E-state index in [0.717, 1.165) is 42.2 Å². The molecule has 6 heteroatoms. The highest BCUT2D eigenvalue weighted by atomic mass is 16.5. The standard InChI is InChI=1S/C22H30N4O2/c1-4-24-22(26-15-18-8-10-19(11-9-18)16-28-3)25-13-12-17-6-5-7-20(14-17)21(27)23-2/h5-11,14H,4,12-13,15-16H2,1-3H3,(H,23,27)(H2,24,25,26). The highest BCUT2D eigenvalue weighted by molar-refractivity contribution is 5.94. The molecule has 0 spiro atoms. The lowest BCUT2D eigenvalue weighted by molar-refractivity contribution is 0.0963. The number of rotatable bonds is 9. The molecule has 6 nitrogen and oxygen atoms in total. The van der Waals surface area contributed by atoms with Crippen molar-refractivity contribution in [3.05, 3.63) is 70.8 Å². The number of benzene rings is 2. The van der Waals surface area contributed by atoms with Gasteiger partial charge in [0, 0.05) is 32.8 Å². The molecule has 0 aliphatic heterocycles. The summed E-state index contributed by atoms with van der Waals surface area (Å²) in [4.78, 5) is 16.4. The normalized spacial score (nSPS) is 11.2. The maximum absolute atomic E-state index is 11.7. The second-order valence-corrected chi connectivity index (χ2v) is 6.40.